The van der Waals surface area contributed by atoms with Gasteiger partial charge in [-0.1, -0.05) is 13.3 Å². The SMILES string of the molecule is CCCCc1nc2c(N)nc3ccc(N4CCN(C)CC4)cc3c2n1CCCCN(C)CCOCCC(=O)O. The number of hydrogen-bond acceptors (Lipinski definition) is 8. The Morgan fingerprint density at radius 3 is 2.64 bits per heavy atom. The number of aryl methyl sites for hydroxylation is 2. The number of fused-ring (bicyclic) bond motifs is 3. The van der Waals surface area contributed by atoms with Gasteiger partial charge in [0, 0.05) is 56.8 Å². The van der Waals surface area contributed by atoms with E-state index >= 15 is 0 Å². The number of anilines is 2. The molecule has 3 heterocycles. The van der Waals surface area contributed by atoms with E-state index in [4.69, 9.17) is 25.5 Å². The van der Waals surface area contributed by atoms with Crippen LogP contribution in [0, 0.1) is 0 Å². The number of imidazole rings is 1. The van der Waals surface area contributed by atoms with Crippen LogP contribution >= 0.6 is 0 Å². The number of nitrogens with zero attached hydrogens (tertiary/aromatic N) is 6. The zero-order valence-corrected chi connectivity index (χ0v) is 23.9. The van der Waals surface area contributed by atoms with Crippen LogP contribution in [0.4, 0.5) is 11.5 Å². The number of ether oxygens (including phenoxy) is 1. The summed E-state index contributed by atoms with van der Waals surface area (Å²) in [7, 11) is 4.26. The molecular formula is C29H45N7O3. The number of benzene rings is 1. The highest BCUT2D eigenvalue weighted by atomic mass is 16.5. The van der Waals surface area contributed by atoms with E-state index in [-0.39, 0.29) is 13.0 Å². The standard InChI is InChI=1S/C29H45N7O3/c1-4-5-8-25-32-27-28(36(25)13-7-6-12-33(2)18-20-39-19-11-26(37)38)23-21-22(9-10-24(23)31-29(27)30)35-16-14-34(3)15-17-35/h9-10,21H,4-8,11-20H2,1-3H3,(H2,30,31)(H,37,38). The predicted molar refractivity (Wildman–Crippen MR) is 158 cm³/mol. The number of rotatable bonds is 15. The zero-order chi connectivity index (χ0) is 27.8. The van der Waals surface area contributed by atoms with E-state index in [0.717, 1.165) is 106 Å². The molecule has 10 heteroatoms. The van der Waals surface area contributed by atoms with Gasteiger partial charge >= 0.3 is 5.97 Å². The van der Waals surface area contributed by atoms with E-state index < -0.39 is 5.97 Å². The highest BCUT2D eigenvalue weighted by Crippen LogP contribution is 2.32. The minimum absolute atomic E-state index is 0.0501. The minimum atomic E-state index is -0.824. The molecular weight excluding hydrogens is 494 g/mol. The number of unbranched alkanes of at least 4 members (excludes halogenated alkanes) is 2. The Morgan fingerprint density at radius 1 is 1.10 bits per heavy atom. The molecule has 1 aliphatic rings. The fourth-order valence-electron chi connectivity index (χ4n) is 5.22. The Kier molecular flexibility index (Phi) is 10.4. The Bertz CT molecular complexity index is 1240. The van der Waals surface area contributed by atoms with Gasteiger partial charge in [0.15, 0.2) is 5.82 Å². The van der Waals surface area contributed by atoms with Gasteiger partial charge in [-0.05, 0) is 58.1 Å². The van der Waals surface area contributed by atoms with Crippen LogP contribution in [0.5, 0.6) is 0 Å². The molecule has 0 unspecified atom stereocenters. The number of nitrogens with two attached hydrogens (primary N) is 1. The molecule has 0 amide bonds. The first-order valence-corrected chi connectivity index (χ1v) is 14.4. The lowest BCUT2D eigenvalue weighted by Crippen LogP contribution is -2.44. The van der Waals surface area contributed by atoms with Gasteiger partial charge in [-0.25, -0.2) is 9.97 Å². The van der Waals surface area contributed by atoms with Gasteiger partial charge in [0.05, 0.1) is 30.7 Å². The number of carboxylic acids is 1. The summed E-state index contributed by atoms with van der Waals surface area (Å²) in [6, 6.07) is 6.57. The number of likely N-dealkylation sites (N-methyl/N-ethyl adjacent to an activating group) is 2. The molecule has 39 heavy (non-hydrogen) atoms. The van der Waals surface area contributed by atoms with Gasteiger partial charge in [-0.3, -0.25) is 4.79 Å². The normalized spacial score (nSPS) is 14.7. The summed E-state index contributed by atoms with van der Waals surface area (Å²) in [6.45, 7) is 9.82. The van der Waals surface area contributed by atoms with Crippen LogP contribution in [-0.2, 0) is 22.5 Å². The summed E-state index contributed by atoms with van der Waals surface area (Å²) in [6.07, 6.45) is 5.25. The maximum atomic E-state index is 10.6. The van der Waals surface area contributed by atoms with E-state index in [2.05, 4.69) is 58.5 Å². The molecule has 1 aliphatic heterocycles. The average molecular weight is 540 g/mol. The fourth-order valence-corrected chi connectivity index (χ4v) is 5.22. The van der Waals surface area contributed by atoms with Crippen LogP contribution in [-0.4, -0.2) is 102 Å². The van der Waals surface area contributed by atoms with Gasteiger partial charge in [-0.15, -0.1) is 0 Å². The van der Waals surface area contributed by atoms with Crippen molar-refractivity contribution < 1.29 is 14.6 Å². The van der Waals surface area contributed by atoms with Crippen LogP contribution in [0.3, 0.4) is 0 Å². The summed E-state index contributed by atoms with van der Waals surface area (Å²) < 4.78 is 7.83. The summed E-state index contributed by atoms with van der Waals surface area (Å²) >= 11 is 0. The molecule has 1 fully saturated rings. The van der Waals surface area contributed by atoms with Crippen LogP contribution in [0.1, 0.15) is 44.9 Å². The lowest BCUT2D eigenvalue weighted by atomic mass is 10.1. The van der Waals surface area contributed by atoms with Crippen molar-refractivity contribution >= 4 is 39.4 Å². The fraction of sp³-hybridized carbons (Fsp3) is 0.621. The molecule has 1 aromatic carbocycles. The number of nitrogen functional groups attached to an aromatic ring is 1. The lowest BCUT2D eigenvalue weighted by molar-refractivity contribution is -0.138. The first-order valence-electron chi connectivity index (χ1n) is 14.4. The van der Waals surface area contributed by atoms with Crippen molar-refractivity contribution in [2.75, 3.05) is 77.2 Å². The molecule has 4 rings (SSSR count). The summed E-state index contributed by atoms with van der Waals surface area (Å²) in [5.74, 6) is 0.775. The summed E-state index contributed by atoms with van der Waals surface area (Å²) in [5.41, 5.74) is 10.5. The van der Waals surface area contributed by atoms with Crippen LogP contribution < -0.4 is 10.6 Å². The van der Waals surface area contributed by atoms with Crippen LogP contribution in [0.15, 0.2) is 18.2 Å². The summed E-state index contributed by atoms with van der Waals surface area (Å²) in [4.78, 5) is 27.4. The lowest BCUT2D eigenvalue weighted by Gasteiger charge is -2.34. The second-order valence-corrected chi connectivity index (χ2v) is 10.7. The second kappa shape index (κ2) is 13.9. The monoisotopic (exact) mass is 539 g/mol. The maximum Gasteiger partial charge on any atom is 0.305 e. The third-order valence-corrected chi connectivity index (χ3v) is 7.64. The van der Waals surface area contributed by atoms with E-state index in [9.17, 15) is 4.79 Å². The molecule has 0 spiro atoms. The maximum absolute atomic E-state index is 10.6. The Labute approximate surface area is 231 Å². The quantitative estimate of drug-likeness (QED) is 0.280. The molecule has 0 bridgehead atoms. The molecule has 3 N–H and O–H groups in total. The number of carbonyl (C=O) groups is 1. The molecule has 2 aromatic heterocycles. The largest absolute Gasteiger partial charge is 0.481 e. The Hall–Kier alpha value is -2.95. The number of aromatic nitrogens is 3. The van der Waals surface area contributed by atoms with Crippen LogP contribution in [0.2, 0.25) is 0 Å². The first-order chi connectivity index (χ1) is 18.9. The Balaban J connectivity index is 1.50. The molecule has 214 valence electrons. The molecule has 1 saturated heterocycles. The molecule has 0 saturated carbocycles. The number of aliphatic carboxylic acids is 1. The number of pyridine rings is 1. The highest BCUT2D eigenvalue weighted by molar-refractivity contribution is 6.07. The summed E-state index contributed by atoms with van der Waals surface area (Å²) in [5, 5.41) is 9.85. The molecule has 0 atom stereocenters. The molecule has 3 aromatic rings. The van der Waals surface area contributed by atoms with Crippen molar-refractivity contribution in [3.8, 4) is 0 Å². The van der Waals surface area contributed by atoms with Crippen molar-refractivity contribution in [1.82, 2.24) is 24.3 Å². The van der Waals surface area contributed by atoms with E-state index in [1.54, 1.807) is 0 Å². The van der Waals surface area contributed by atoms with E-state index in [1.807, 2.05) is 0 Å². The van der Waals surface area contributed by atoms with E-state index in [1.165, 1.54) is 5.69 Å². The van der Waals surface area contributed by atoms with Crippen molar-refractivity contribution in [3.05, 3.63) is 24.0 Å². The predicted octanol–water partition coefficient (Wildman–Crippen LogP) is 3.46. The highest BCUT2D eigenvalue weighted by Gasteiger charge is 2.20. The van der Waals surface area contributed by atoms with Crippen LogP contribution in [0.25, 0.3) is 21.9 Å². The third kappa shape index (κ3) is 7.58. The minimum Gasteiger partial charge on any atom is -0.481 e. The number of piperazine rings is 1. The van der Waals surface area contributed by atoms with Gasteiger partial charge < -0.3 is 34.8 Å². The van der Waals surface area contributed by atoms with E-state index in [0.29, 0.717) is 12.4 Å². The third-order valence-electron chi connectivity index (χ3n) is 7.64. The molecule has 0 aliphatic carbocycles. The topological polar surface area (TPSA) is 113 Å². The van der Waals surface area contributed by atoms with Gasteiger partial charge in [-0.2, -0.15) is 0 Å². The van der Waals surface area contributed by atoms with Crippen molar-refractivity contribution in [3.63, 3.8) is 0 Å². The average Bonchev–Trinajstić information content (AvgIpc) is 3.29. The van der Waals surface area contributed by atoms with Crippen molar-refractivity contribution in [2.45, 2.75) is 52.0 Å². The molecule has 10 nitrogen and oxygen atoms in total. The van der Waals surface area contributed by atoms with Gasteiger partial charge in [0.25, 0.3) is 0 Å². The smallest absolute Gasteiger partial charge is 0.305 e. The number of carboxylic acid groups (broad SMARTS) is 1. The van der Waals surface area contributed by atoms with Crippen molar-refractivity contribution in [1.29, 1.82) is 0 Å². The number of hydrogen-bond donors (Lipinski definition) is 2. The second-order valence-electron chi connectivity index (χ2n) is 10.7. The Morgan fingerprint density at radius 2 is 1.90 bits per heavy atom. The van der Waals surface area contributed by atoms with Gasteiger partial charge in [0.2, 0.25) is 0 Å². The zero-order valence-electron chi connectivity index (χ0n) is 23.9. The first kappa shape index (κ1) is 29.0. The molecule has 0 radical (unpaired) electrons. The van der Waals surface area contributed by atoms with Gasteiger partial charge in [0.1, 0.15) is 11.3 Å². The van der Waals surface area contributed by atoms with Crippen molar-refractivity contribution in [2.24, 2.45) is 0 Å².